The summed E-state index contributed by atoms with van der Waals surface area (Å²) in [5.74, 6) is -0.101. The number of hydrogen-bond donors (Lipinski definition) is 3. The van der Waals surface area contributed by atoms with E-state index in [9.17, 15) is 15.3 Å². The third kappa shape index (κ3) is 2.18. The molecule has 0 aliphatic carbocycles. The van der Waals surface area contributed by atoms with Crippen LogP contribution in [0.4, 0.5) is 0 Å². The van der Waals surface area contributed by atoms with E-state index in [0.29, 0.717) is 5.56 Å². The topological polar surface area (TPSA) is 60.7 Å². The van der Waals surface area contributed by atoms with Crippen LogP contribution in [-0.2, 0) is 0 Å². The number of aryl methyl sites for hydroxylation is 1. The first-order chi connectivity index (χ1) is 6.57. The summed E-state index contributed by atoms with van der Waals surface area (Å²) >= 11 is 5.41. The van der Waals surface area contributed by atoms with Gasteiger partial charge < -0.3 is 15.3 Å². The Morgan fingerprint density at radius 3 is 2.50 bits per heavy atom. The number of phenolic OH excluding ortho intramolecular Hbond substituents is 1. The predicted octanol–water partition coefficient (Wildman–Crippen LogP) is 1.33. The minimum absolute atomic E-state index is 0.0262. The summed E-state index contributed by atoms with van der Waals surface area (Å²) in [6.45, 7) is 1.75. The molecule has 0 fully saturated rings. The second-order valence-electron chi connectivity index (χ2n) is 3.17. The number of aliphatic hydroxyl groups is 2. The van der Waals surface area contributed by atoms with Crippen LogP contribution in [0.3, 0.4) is 0 Å². The summed E-state index contributed by atoms with van der Waals surface area (Å²) in [4.78, 5) is 0. The third-order valence-electron chi connectivity index (χ3n) is 2.12. The number of halogens is 1. The molecule has 3 N–H and O–H groups in total. The van der Waals surface area contributed by atoms with Gasteiger partial charge in [-0.15, -0.1) is 11.6 Å². The Bertz CT molecular complexity index is 294. The molecule has 0 amide bonds. The van der Waals surface area contributed by atoms with Crippen LogP contribution in [0.1, 0.15) is 17.2 Å². The predicted molar refractivity (Wildman–Crippen MR) is 54.5 cm³/mol. The zero-order valence-corrected chi connectivity index (χ0v) is 8.57. The maximum atomic E-state index is 9.66. The molecule has 1 aromatic rings. The Morgan fingerprint density at radius 1 is 1.36 bits per heavy atom. The summed E-state index contributed by atoms with van der Waals surface area (Å²) in [5, 5.41) is 28.5. The van der Waals surface area contributed by atoms with Gasteiger partial charge in [-0.2, -0.15) is 0 Å². The average Bonchev–Trinajstić information content (AvgIpc) is 2.16. The van der Waals surface area contributed by atoms with Crippen molar-refractivity contribution in [3.05, 3.63) is 29.3 Å². The first-order valence-electron chi connectivity index (χ1n) is 4.28. The van der Waals surface area contributed by atoms with Crippen LogP contribution in [0.2, 0.25) is 0 Å². The molecule has 4 heteroatoms. The van der Waals surface area contributed by atoms with E-state index in [-0.39, 0.29) is 11.6 Å². The minimum Gasteiger partial charge on any atom is -0.508 e. The number of aromatic hydroxyl groups is 1. The molecule has 0 aromatic heterocycles. The molecule has 0 heterocycles. The van der Waals surface area contributed by atoms with Gasteiger partial charge in [-0.1, -0.05) is 12.1 Å². The highest BCUT2D eigenvalue weighted by molar-refractivity contribution is 6.18. The Hall–Kier alpha value is -0.770. The van der Waals surface area contributed by atoms with Gasteiger partial charge in [0.25, 0.3) is 0 Å². The molecular formula is C10H13ClO3. The van der Waals surface area contributed by atoms with Crippen LogP contribution in [0, 0.1) is 6.92 Å². The third-order valence-corrected chi connectivity index (χ3v) is 2.44. The number of phenols is 1. The second-order valence-corrected chi connectivity index (χ2v) is 3.48. The lowest BCUT2D eigenvalue weighted by atomic mass is 9.99. The zero-order chi connectivity index (χ0) is 10.7. The normalized spacial score (nSPS) is 15.1. The van der Waals surface area contributed by atoms with E-state index in [1.807, 2.05) is 0 Å². The summed E-state index contributed by atoms with van der Waals surface area (Å²) < 4.78 is 0. The number of benzene rings is 1. The Balaban J connectivity index is 3.05. The molecule has 1 rings (SSSR count). The zero-order valence-electron chi connectivity index (χ0n) is 7.81. The molecule has 0 radical (unpaired) electrons. The van der Waals surface area contributed by atoms with Gasteiger partial charge in [-0.25, -0.2) is 0 Å². The van der Waals surface area contributed by atoms with Crippen molar-refractivity contribution in [2.45, 2.75) is 19.1 Å². The van der Waals surface area contributed by atoms with Crippen LogP contribution in [0.5, 0.6) is 5.75 Å². The summed E-state index contributed by atoms with van der Waals surface area (Å²) in [6, 6.07) is 4.89. The van der Waals surface area contributed by atoms with E-state index in [4.69, 9.17) is 11.6 Å². The number of aliphatic hydroxyl groups excluding tert-OH is 2. The van der Waals surface area contributed by atoms with Gasteiger partial charge in [0.2, 0.25) is 0 Å². The van der Waals surface area contributed by atoms with Gasteiger partial charge >= 0.3 is 0 Å². The Kier molecular flexibility index (Phi) is 3.75. The molecular weight excluding hydrogens is 204 g/mol. The Labute approximate surface area is 87.6 Å². The Morgan fingerprint density at radius 2 is 2.00 bits per heavy atom. The van der Waals surface area contributed by atoms with Gasteiger partial charge in [0, 0.05) is 5.56 Å². The van der Waals surface area contributed by atoms with Crippen LogP contribution in [0.25, 0.3) is 0 Å². The van der Waals surface area contributed by atoms with Gasteiger partial charge in [-0.3, -0.25) is 0 Å². The van der Waals surface area contributed by atoms with E-state index in [1.165, 1.54) is 6.07 Å². The van der Waals surface area contributed by atoms with Crippen molar-refractivity contribution in [1.29, 1.82) is 0 Å². The highest BCUT2D eigenvalue weighted by Crippen LogP contribution is 2.29. The van der Waals surface area contributed by atoms with Crippen molar-refractivity contribution in [2.24, 2.45) is 0 Å². The molecule has 78 valence electrons. The lowest BCUT2D eigenvalue weighted by Gasteiger charge is -2.18. The maximum absolute atomic E-state index is 9.66. The lowest BCUT2D eigenvalue weighted by molar-refractivity contribution is 0.0308. The highest BCUT2D eigenvalue weighted by atomic mass is 35.5. The van der Waals surface area contributed by atoms with Crippen LogP contribution >= 0.6 is 11.6 Å². The first kappa shape index (κ1) is 11.3. The summed E-state index contributed by atoms with van der Waals surface area (Å²) in [7, 11) is 0. The molecule has 0 saturated carbocycles. The first-order valence-corrected chi connectivity index (χ1v) is 4.82. The van der Waals surface area contributed by atoms with Crippen molar-refractivity contribution in [3.63, 3.8) is 0 Å². The fourth-order valence-corrected chi connectivity index (χ4v) is 1.50. The van der Waals surface area contributed by atoms with Crippen LogP contribution in [-0.4, -0.2) is 27.3 Å². The molecule has 3 nitrogen and oxygen atoms in total. The molecule has 0 bridgehead atoms. The lowest BCUT2D eigenvalue weighted by Crippen LogP contribution is -2.20. The van der Waals surface area contributed by atoms with Crippen molar-refractivity contribution in [2.75, 3.05) is 5.88 Å². The maximum Gasteiger partial charge on any atom is 0.121 e. The minimum atomic E-state index is -1.14. The van der Waals surface area contributed by atoms with Crippen molar-refractivity contribution in [3.8, 4) is 5.75 Å². The molecule has 2 unspecified atom stereocenters. The molecule has 0 saturated heterocycles. The smallest absolute Gasteiger partial charge is 0.121 e. The largest absolute Gasteiger partial charge is 0.508 e. The molecule has 0 aliphatic heterocycles. The highest BCUT2D eigenvalue weighted by Gasteiger charge is 2.21. The molecule has 14 heavy (non-hydrogen) atoms. The van der Waals surface area contributed by atoms with Crippen LogP contribution < -0.4 is 0 Å². The van der Waals surface area contributed by atoms with Gasteiger partial charge in [0.05, 0.1) is 12.0 Å². The van der Waals surface area contributed by atoms with Crippen molar-refractivity contribution in [1.82, 2.24) is 0 Å². The van der Waals surface area contributed by atoms with E-state index in [2.05, 4.69) is 0 Å². The SMILES string of the molecule is Cc1cccc(O)c1C(O)C(O)CCl. The standard InChI is InChI=1S/C10H13ClO3/c1-6-3-2-4-7(12)9(6)10(14)8(13)5-11/h2-4,8,10,12-14H,5H2,1H3. The van der Waals surface area contributed by atoms with Crippen molar-refractivity contribution >= 4 is 11.6 Å². The molecule has 1 aromatic carbocycles. The monoisotopic (exact) mass is 216 g/mol. The van der Waals surface area contributed by atoms with E-state index in [1.54, 1.807) is 19.1 Å². The van der Waals surface area contributed by atoms with Crippen molar-refractivity contribution < 1.29 is 15.3 Å². The molecule has 0 spiro atoms. The number of rotatable bonds is 3. The fourth-order valence-electron chi connectivity index (χ4n) is 1.33. The van der Waals surface area contributed by atoms with Crippen LogP contribution in [0.15, 0.2) is 18.2 Å². The fraction of sp³-hybridized carbons (Fsp3) is 0.400. The summed E-state index contributed by atoms with van der Waals surface area (Å²) in [6.07, 6.45) is -2.21. The number of hydrogen-bond acceptors (Lipinski definition) is 3. The van der Waals surface area contributed by atoms with Gasteiger partial charge in [0.1, 0.15) is 11.9 Å². The van der Waals surface area contributed by atoms with Gasteiger partial charge in [0.15, 0.2) is 0 Å². The van der Waals surface area contributed by atoms with E-state index >= 15 is 0 Å². The second kappa shape index (κ2) is 4.64. The number of alkyl halides is 1. The average molecular weight is 217 g/mol. The quantitative estimate of drug-likeness (QED) is 0.669. The molecule has 2 atom stereocenters. The summed E-state index contributed by atoms with van der Waals surface area (Å²) in [5.41, 5.74) is 1.06. The van der Waals surface area contributed by atoms with Gasteiger partial charge in [-0.05, 0) is 18.6 Å². The van der Waals surface area contributed by atoms with E-state index in [0.717, 1.165) is 5.56 Å². The van der Waals surface area contributed by atoms with E-state index < -0.39 is 12.2 Å². The molecule has 0 aliphatic rings.